The number of anilines is 2. The van der Waals surface area contributed by atoms with Crippen molar-refractivity contribution < 1.29 is 36.7 Å². The van der Waals surface area contributed by atoms with Gasteiger partial charge in [0.15, 0.2) is 10.2 Å². The lowest BCUT2D eigenvalue weighted by Crippen LogP contribution is -2.42. The first kappa shape index (κ1) is 28.0. The van der Waals surface area contributed by atoms with Gasteiger partial charge < -0.3 is 20.7 Å². The lowest BCUT2D eigenvalue weighted by Gasteiger charge is -2.24. The first-order valence-electron chi connectivity index (χ1n) is 10.8. The molecule has 1 aromatic rings. The summed E-state index contributed by atoms with van der Waals surface area (Å²) < 4.78 is 57.6. The maximum absolute atomic E-state index is 15.0. The van der Waals surface area contributed by atoms with Gasteiger partial charge in [0, 0.05) is 26.6 Å². The molecule has 0 bridgehead atoms. The summed E-state index contributed by atoms with van der Waals surface area (Å²) in [6, 6.07) is 3.24. The Morgan fingerprint density at radius 3 is 2.70 bits per heavy atom. The predicted molar refractivity (Wildman–Crippen MR) is 128 cm³/mol. The van der Waals surface area contributed by atoms with E-state index in [1.807, 2.05) is 0 Å². The van der Waals surface area contributed by atoms with Crippen LogP contribution in [0.1, 0.15) is 6.92 Å². The highest BCUT2D eigenvalue weighted by Crippen LogP contribution is 2.28. The minimum absolute atomic E-state index is 0.00146. The minimum atomic E-state index is -4.90. The molecule has 2 saturated heterocycles. The zero-order valence-electron chi connectivity index (χ0n) is 19.5. The number of nitrogens with one attached hydrogen (secondary N) is 3. The smallest absolute Gasteiger partial charge is 0.439 e. The van der Waals surface area contributed by atoms with Crippen LogP contribution in [0.4, 0.5) is 38.5 Å². The number of amides is 4. The summed E-state index contributed by atoms with van der Waals surface area (Å²) in [7, 11) is 0. The third-order valence-electron chi connectivity index (χ3n) is 5.22. The molecule has 4 amide bonds. The number of carbonyl (C=O) groups excluding carboxylic acids is 3. The van der Waals surface area contributed by atoms with Crippen LogP contribution in [0.25, 0.3) is 0 Å². The molecule has 17 heteroatoms. The van der Waals surface area contributed by atoms with Crippen LogP contribution < -0.4 is 26.3 Å². The Morgan fingerprint density at radius 2 is 2.05 bits per heavy atom. The van der Waals surface area contributed by atoms with E-state index in [1.165, 1.54) is 24.0 Å². The number of urea groups is 1. The van der Waals surface area contributed by atoms with Crippen molar-refractivity contribution in [1.82, 2.24) is 15.8 Å². The summed E-state index contributed by atoms with van der Waals surface area (Å²) in [5.74, 6) is -0.895. The van der Waals surface area contributed by atoms with Gasteiger partial charge in [0.1, 0.15) is 11.9 Å². The molecule has 1 atom stereocenters. The van der Waals surface area contributed by atoms with Gasteiger partial charge in [-0.1, -0.05) is 0 Å². The Balaban J connectivity index is 1.61. The fraction of sp³-hybridized carbons (Fsp3) is 0.450. The van der Waals surface area contributed by atoms with Crippen molar-refractivity contribution in [3.8, 4) is 0 Å². The Labute approximate surface area is 212 Å². The van der Waals surface area contributed by atoms with Gasteiger partial charge in [-0.15, -0.1) is 0 Å². The van der Waals surface area contributed by atoms with E-state index < -0.39 is 40.4 Å². The molecule has 0 saturated carbocycles. The highest BCUT2D eigenvalue weighted by molar-refractivity contribution is 8.26. The third kappa shape index (κ3) is 7.45. The summed E-state index contributed by atoms with van der Waals surface area (Å²) >= 11 is -0.185. The Hall–Kier alpha value is -3.60. The number of hydrazine groups is 1. The molecule has 2 aliphatic rings. The fourth-order valence-electron chi connectivity index (χ4n) is 3.49. The van der Waals surface area contributed by atoms with Crippen LogP contribution in [0.5, 0.6) is 0 Å². The van der Waals surface area contributed by atoms with E-state index in [2.05, 4.69) is 15.7 Å². The number of alkyl halides is 3. The van der Waals surface area contributed by atoms with Crippen LogP contribution in [0.15, 0.2) is 23.2 Å². The van der Waals surface area contributed by atoms with Crippen LogP contribution in [0, 0.1) is 11.2 Å². The number of thioether (sulfide) groups is 1. The number of ether oxygens (including phenoxy) is 1. The molecule has 0 aromatic heterocycles. The molecule has 3 rings (SSSR count). The van der Waals surface area contributed by atoms with Crippen LogP contribution in [-0.2, 0) is 9.53 Å². The van der Waals surface area contributed by atoms with Gasteiger partial charge in [0.25, 0.3) is 0 Å². The molecule has 0 unspecified atom stereocenters. The number of aliphatic imine (C=N–C) groups is 1. The van der Waals surface area contributed by atoms with Gasteiger partial charge in [-0.05, 0) is 30.0 Å². The monoisotopic (exact) mass is 548 g/mol. The number of hydrogen-bond donors (Lipinski definition) is 4. The van der Waals surface area contributed by atoms with Crippen molar-refractivity contribution in [2.24, 2.45) is 10.7 Å². The SMILES string of the molecule is CC(=O)NC[C@H]1CN(c2ccc(N3CCNN(C(=O)/N=C(/N)SC(=N)C(F)(F)F)CC3)c(F)c2)C(=O)O1. The summed E-state index contributed by atoms with van der Waals surface area (Å²) in [5.41, 5.74) is 8.58. The van der Waals surface area contributed by atoms with Gasteiger partial charge >= 0.3 is 18.3 Å². The minimum Gasteiger partial charge on any atom is -0.442 e. The van der Waals surface area contributed by atoms with E-state index in [4.69, 9.17) is 15.9 Å². The number of cyclic esters (lactones) is 1. The maximum atomic E-state index is 15.0. The molecule has 0 radical (unpaired) electrons. The molecule has 2 aliphatic heterocycles. The average Bonchev–Trinajstić information content (AvgIpc) is 3.00. The number of carbonyl (C=O) groups is 3. The van der Waals surface area contributed by atoms with Crippen LogP contribution >= 0.6 is 11.8 Å². The van der Waals surface area contributed by atoms with Crippen LogP contribution in [0.2, 0.25) is 0 Å². The molecule has 0 aliphatic carbocycles. The molecule has 2 fully saturated rings. The number of nitrogens with two attached hydrogens (primary N) is 1. The molecular formula is C20H24F4N8O4S. The van der Waals surface area contributed by atoms with Gasteiger partial charge in [0.05, 0.1) is 31.0 Å². The zero-order chi connectivity index (χ0) is 27.3. The van der Waals surface area contributed by atoms with Gasteiger partial charge in [0.2, 0.25) is 5.91 Å². The van der Waals surface area contributed by atoms with Crippen molar-refractivity contribution in [3.63, 3.8) is 0 Å². The third-order valence-corrected chi connectivity index (χ3v) is 5.95. The molecule has 37 heavy (non-hydrogen) atoms. The number of nitrogens with zero attached hydrogens (tertiary/aromatic N) is 4. The Morgan fingerprint density at radius 1 is 1.32 bits per heavy atom. The summed E-state index contributed by atoms with van der Waals surface area (Å²) in [4.78, 5) is 41.8. The van der Waals surface area contributed by atoms with E-state index >= 15 is 4.39 Å². The first-order valence-corrected chi connectivity index (χ1v) is 11.7. The molecule has 1 aromatic carbocycles. The number of rotatable bonds is 4. The standard InChI is InChI=1S/C20H24F4N8O4S/c1-11(33)27-9-13-10-31(19(35)36-13)12-2-3-15(14(21)8-12)30-5-4-28-32(7-6-30)18(34)29-17(26)37-16(25)20(22,23)24/h2-3,8,13,25,28H,4-7,9-10H2,1H3,(H,27,33)(H2,26,29,34)/t13-/m0/s1. The van der Waals surface area contributed by atoms with E-state index in [1.54, 1.807) is 11.0 Å². The van der Waals surface area contributed by atoms with Crippen molar-refractivity contribution in [3.05, 3.63) is 24.0 Å². The zero-order valence-corrected chi connectivity index (χ0v) is 20.3. The number of amidine groups is 1. The highest BCUT2D eigenvalue weighted by Gasteiger charge is 2.36. The fourth-order valence-corrected chi connectivity index (χ4v) is 3.94. The van der Waals surface area contributed by atoms with E-state index in [0.717, 1.165) is 5.01 Å². The average molecular weight is 549 g/mol. The Kier molecular flexibility index (Phi) is 8.80. The molecular weight excluding hydrogens is 524 g/mol. The van der Waals surface area contributed by atoms with Crippen molar-refractivity contribution >= 4 is 51.4 Å². The predicted octanol–water partition coefficient (Wildman–Crippen LogP) is 1.62. The quantitative estimate of drug-likeness (QED) is 0.251. The van der Waals surface area contributed by atoms with E-state index in [0.29, 0.717) is 0 Å². The van der Waals surface area contributed by atoms with E-state index in [-0.39, 0.29) is 68.3 Å². The number of hydrogen-bond acceptors (Lipinski definition) is 8. The van der Waals surface area contributed by atoms with Gasteiger partial charge in [-0.2, -0.15) is 18.2 Å². The maximum Gasteiger partial charge on any atom is 0.439 e. The number of halogens is 4. The first-order chi connectivity index (χ1) is 17.3. The molecule has 12 nitrogen and oxygen atoms in total. The van der Waals surface area contributed by atoms with Crippen molar-refractivity contribution in [2.75, 3.05) is 49.1 Å². The van der Waals surface area contributed by atoms with Crippen LogP contribution in [0.3, 0.4) is 0 Å². The summed E-state index contributed by atoms with van der Waals surface area (Å²) in [5, 5.41) is 8.06. The van der Waals surface area contributed by atoms with Crippen molar-refractivity contribution in [2.45, 2.75) is 19.2 Å². The second-order valence-electron chi connectivity index (χ2n) is 7.90. The highest BCUT2D eigenvalue weighted by atomic mass is 32.2. The summed E-state index contributed by atoms with van der Waals surface area (Å²) in [6.07, 6.45) is -6.15. The second-order valence-corrected chi connectivity index (χ2v) is 8.93. The molecule has 202 valence electrons. The van der Waals surface area contributed by atoms with Crippen molar-refractivity contribution in [1.29, 1.82) is 5.41 Å². The van der Waals surface area contributed by atoms with Crippen LogP contribution in [-0.4, -0.2) is 84.8 Å². The topological polar surface area (TPSA) is 156 Å². The largest absolute Gasteiger partial charge is 0.442 e. The normalized spacial score (nSPS) is 18.9. The lowest BCUT2D eigenvalue weighted by atomic mass is 10.2. The Bertz CT molecular complexity index is 1100. The molecule has 2 heterocycles. The second kappa shape index (κ2) is 11.6. The number of benzene rings is 1. The summed E-state index contributed by atoms with van der Waals surface area (Å²) in [6.45, 7) is 2.21. The van der Waals surface area contributed by atoms with E-state index in [9.17, 15) is 27.6 Å². The molecule has 5 N–H and O–H groups in total. The van der Waals surface area contributed by atoms with Gasteiger partial charge in [-0.25, -0.2) is 19.4 Å². The van der Waals surface area contributed by atoms with Gasteiger partial charge in [-0.3, -0.25) is 20.1 Å². The molecule has 0 spiro atoms. The lowest BCUT2D eigenvalue weighted by molar-refractivity contribution is -0.119.